The van der Waals surface area contributed by atoms with Gasteiger partial charge in [0, 0.05) is 6.61 Å². The van der Waals surface area contributed by atoms with Crippen LogP contribution in [0.1, 0.15) is 33.1 Å². The van der Waals surface area contributed by atoms with Gasteiger partial charge < -0.3 is 15.8 Å². The van der Waals surface area contributed by atoms with Crippen LogP contribution in [0, 0.1) is 5.92 Å². The molecule has 1 fully saturated rings. The zero-order chi connectivity index (χ0) is 11.3. The first kappa shape index (κ1) is 12.5. The van der Waals surface area contributed by atoms with Crippen molar-refractivity contribution < 1.29 is 9.53 Å². The van der Waals surface area contributed by atoms with Crippen molar-refractivity contribution in [1.29, 1.82) is 0 Å². The molecule has 0 aromatic heterocycles. The van der Waals surface area contributed by atoms with Gasteiger partial charge in [-0.3, -0.25) is 4.79 Å². The fraction of sp³-hybridized carbons (Fsp3) is 0.909. The average molecular weight is 214 g/mol. The van der Waals surface area contributed by atoms with Crippen LogP contribution in [-0.4, -0.2) is 31.2 Å². The summed E-state index contributed by atoms with van der Waals surface area (Å²) in [7, 11) is 0. The van der Waals surface area contributed by atoms with Gasteiger partial charge in [-0.15, -0.1) is 0 Å². The van der Waals surface area contributed by atoms with Crippen LogP contribution in [0.5, 0.6) is 0 Å². The Kier molecular flexibility index (Phi) is 5.05. The number of hydrogen-bond donors (Lipinski definition) is 2. The molecule has 4 heteroatoms. The van der Waals surface area contributed by atoms with E-state index in [2.05, 4.69) is 5.32 Å². The van der Waals surface area contributed by atoms with E-state index in [-0.39, 0.29) is 17.9 Å². The summed E-state index contributed by atoms with van der Waals surface area (Å²) >= 11 is 0. The average Bonchev–Trinajstić information content (AvgIpc) is 2.63. The largest absolute Gasteiger partial charge is 0.378 e. The van der Waals surface area contributed by atoms with Gasteiger partial charge >= 0.3 is 0 Å². The summed E-state index contributed by atoms with van der Waals surface area (Å²) in [5.74, 6) is -0.0238. The molecule has 4 nitrogen and oxygen atoms in total. The van der Waals surface area contributed by atoms with E-state index in [0.29, 0.717) is 6.10 Å². The Morgan fingerprint density at radius 1 is 1.60 bits per heavy atom. The van der Waals surface area contributed by atoms with E-state index in [1.54, 1.807) is 0 Å². The number of nitrogens with one attached hydrogen (secondary N) is 1. The predicted octanol–water partition coefficient (Wildman–Crippen LogP) is 0.655. The van der Waals surface area contributed by atoms with Crippen molar-refractivity contribution in [3.8, 4) is 0 Å². The van der Waals surface area contributed by atoms with Crippen LogP contribution < -0.4 is 11.1 Å². The quantitative estimate of drug-likeness (QED) is 0.682. The Hall–Kier alpha value is -0.610. The van der Waals surface area contributed by atoms with Crippen molar-refractivity contribution in [3.63, 3.8) is 0 Å². The van der Waals surface area contributed by atoms with Crippen molar-refractivity contribution in [2.24, 2.45) is 11.7 Å². The second-order valence-electron chi connectivity index (χ2n) is 4.50. The summed E-state index contributed by atoms with van der Waals surface area (Å²) < 4.78 is 5.50. The molecular formula is C11H22N2O2. The van der Waals surface area contributed by atoms with Gasteiger partial charge in [-0.05, 0) is 31.7 Å². The highest BCUT2D eigenvalue weighted by Gasteiger charge is 2.20. The first-order valence-electron chi connectivity index (χ1n) is 5.75. The number of primary amides is 1. The highest BCUT2D eigenvalue weighted by molar-refractivity contribution is 5.80. The van der Waals surface area contributed by atoms with Crippen LogP contribution in [0.25, 0.3) is 0 Å². The molecule has 0 aromatic carbocycles. The van der Waals surface area contributed by atoms with E-state index < -0.39 is 0 Å². The van der Waals surface area contributed by atoms with E-state index in [0.717, 1.165) is 32.4 Å². The monoisotopic (exact) mass is 214 g/mol. The zero-order valence-electron chi connectivity index (χ0n) is 9.66. The molecule has 2 unspecified atom stereocenters. The Balaban J connectivity index is 2.18. The van der Waals surface area contributed by atoms with E-state index in [1.807, 2.05) is 13.8 Å². The molecule has 88 valence electrons. The molecule has 1 saturated heterocycles. The van der Waals surface area contributed by atoms with Crippen LogP contribution in [0.2, 0.25) is 0 Å². The fourth-order valence-corrected chi connectivity index (χ4v) is 1.94. The Labute approximate surface area is 91.5 Å². The number of carbonyl (C=O) groups excluding carboxylic acids is 1. The maximum atomic E-state index is 11.1. The lowest BCUT2D eigenvalue weighted by Gasteiger charge is -2.19. The fourth-order valence-electron chi connectivity index (χ4n) is 1.94. The number of ether oxygens (including phenoxy) is 1. The smallest absolute Gasteiger partial charge is 0.234 e. The van der Waals surface area contributed by atoms with Crippen molar-refractivity contribution in [3.05, 3.63) is 0 Å². The molecule has 1 heterocycles. The summed E-state index contributed by atoms with van der Waals surface area (Å²) in [6, 6.07) is -0.216. The summed E-state index contributed by atoms with van der Waals surface area (Å²) in [4.78, 5) is 11.1. The van der Waals surface area contributed by atoms with Gasteiger partial charge in [0.15, 0.2) is 0 Å². The van der Waals surface area contributed by atoms with Gasteiger partial charge in [-0.25, -0.2) is 0 Å². The Morgan fingerprint density at radius 3 is 2.80 bits per heavy atom. The van der Waals surface area contributed by atoms with Crippen LogP contribution in [0.3, 0.4) is 0 Å². The third kappa shape index (κ3) is 4.18. The highest BCUT2D eigenvalue weighted by Crippen LogP contribution is 2.14. The van der Waals surface area contributed by atoms with Gasteiger partial charge in [-0.2, -0.15) is 0 Å². The summed E-state index contributed by atoms with van der Waals surface area (Å²) in [5, 5.41) is 3.19. The van der Waals surface area contributed by atoms with Gasteiger partial charge in [-0.1, -0.05) is 13.8 Å². The summed E-state index contributed by atoms with van der Waals surface area (Å²) in [6.45, 7) is 5.67. The molecule has 1 amide bonds. The molecule has 0 saturated carbocycles. The van der Waals surface area contributed by atoms with Crippen molar-refractivity contribution in [1.82, 2.24) is 5.32 Å². The van der Waals surface area contributed by atoms with Crippen molar-refractivity contribution in [2.75, 3.05) is 13.2 Å². The standard InChI is InChI=1S/C11H22N2O2/c1-8(2)10(11(12)14)13-6-5-9-4-3-7-15-9/h8-10,13H,3-7H2,1-2H3,(H2,12,14). The van der Waals surface area contributed by atoms with Crippen LogP contribution in [-0.2, 0) is 9.53 Å². The third-order valence-corrected chi connectivity index (χ3v) is 2.83. The molecule has 0 radical (unpaired) electrons. The molecule has 0 aromatic rings. The van der Waals surface area contributed by atoms with Gasteiger partial charge in [0.1, 0.15) is 0 Å². The maximum absolute atomic E-state index is 11.1. The topological polar surface area (TPSA) is 64.3 Å². The molecule has 0 spiro atoms. The molecule has 3 N–H and O–H groups in total. The Morgan fingerprint density at radius 2 is 2.33 bits per heavy atom. The van der Waals surface area contributed by atoms with Crippen molar-refractivity contribution >= 4 is 5.91 Å². The van der Waals surface area contributed by atoms with E-state index in [9.17, 15) is 4.79 Å². The normalized spacial score (nSPS) is 23.3. The second kappa shape index (κ2) is 6.08. The molecule has 1 rings (SSSR count). The number of amides is 1. The summed E-state index contributed by atoms with van der Waals surface area (Å²) in [5.41, 5.74) is 5.30. The lowest BCUT2D eigenvalue weighted by atomic mass is 10.0. The molecule has 0 aliphatic carbocycles. The lowest BCUT2D eigenvalue weighted by Crippen LogP contribution is -2.45. The highest BCUT2D eigenvalue weighted by atomic mass is 16.5. The zero-order valence-corrected chi connectivity index (χ0v) is 9.66. The third-order valence-electron chi connectivity index (χ3n) is 2.83. The molecule has 0 bridgehead atoms. The minimum atomic E-state index is -0.266. The van der Waals surface area contributed by atoms with Gasteiger partial charge in [0.25, 0.3) is 0 Å². The van der Waals surface area contributed by atoms with Crippen LogP contribution in [0.4, 0.5) is 0 Å². The number of carbonyl (C=O) groups is 1. The second-order valence-corrected chi connectivity index (χ2v) is 4.50. The van der Waals surface area contributed by atoms with Gasteiger partial charge in [0.2, 0.25) is 5.91 Å². The van der Waals surface area contributed by atoms with Gasteiger partial charge in [0.05, 0.1) is 12.1 Å². The maximum Gasteiger partial charge on any atom is 0.234 e. The van der Waals surface area contributed by atoms with E-state index in [4.69, 9.17) is 10.5 Å². The first-order valence-corrected chi connectivity index (χ1v) is 5.75. The number of rotatable bonds is 6. The van der Waals surface area contributed by atoms with E-state index >= 15 is 0 Å². The number of nitrogens with two attached hydrogens (primary N) is 1. The SMILES string of the molecule is CC(C)C(NCCC1CCCO1)C(N)=O. The summed E-state index contributed by atoms with van der Waals surface area (Å²) in [6.07, 6.45) is 3.65. The molecule has 1 aliphatic rings. The minimum Gasteiger partial charge on any atom is -0.378 e. The minimum absolute atomic E-state index is 0.216. The van der Waals surface area contributed by atoms with Crippen molar-refractivity contribution in [2.45, 2.75) is 45.3 Å². The molecule has 15 heavy (non-hydrogen) atoms. The lowest BCUT2D eigenvalue weighted by molar-refractivity contribution is -0.121. The first-order chi connectivity index (χ1) is 7.11. The van der Waals surface area contributed by atoms with Crippen LogP contribution in [0.15, 0.2) is 0 Å². The predicted molar refractivity (Wildman–Crippen MR) is 59.4 cm³/mol. The van der Waals surface area contributed by atoms with Crippen LogP contribution >= 0.6 is 0 Å². The molecular weight excluding hydrogens is 192 g/mol. The molecule has 1 aliphatic heterocycles. The Bertz CT molecular complexity index is 201. The molecule has 2 atom stereocenters. The number of hydrogen-bond acceptors (Lipinski definition) is 3. The van der Waals surface area contributed by atoms with E-state index in [1.165, 1.54) is 0 Å².